The van der Waals surface area contributed by atoms with Crippen LogP contribution in [0.2, 0.25) is 0 Å². The van der Waals surface area contributed by atoms with Gasteiger partial charge in [0.2, 0.25) is 0 Å². The summed E-state index contributed by atoms with van der Waals surface area (Å²) in [6, 6.07) is 4.58. The summed E-state index contributed by atoms with van der Waals surface area (Å²) in [6.45, 7) is 4.52. The summed E-state index contributed by atoms with van der Waals surface area (Å²) in [6.07, 6.45) is 4.29. The highest BCUT2D eigenvalue weighted by atomic mass is 79.9. The number of benzene rings is 1. The predicted octanol–water partition coefficient (Wildman–Crippen LogP) is 2.15. The molecule has 0 fully saturated rings. The van der Waals surface area contributed by atoms with Crippen LogP contribution in [-0.4, -0.2) is 27.4 Å². The van der Waals surface area contributed by atoms with Crippen LogP contribution in [0.5, 0.6) is 5.75 Å². The Hall–Kier alpha value is -1.40. The molecule has 6 heteroatoms. The molecule has 1 aromatic heterocycles. The van der Waals surface area contributed by atoms with Crippen LogP contribution in [-0.2, 0) is 19.5 Å². The van der Waals surface area contributed by atoms with Gasteiger partial charge in [0.25, 0.3) is 0 Å². The number of rotatable bonds is 5. The van der Waals surface area contributed by atoms with Crippen molar-refractivity contribution in [3.63, 3.8) is 0 Å². The zero-order chi connectivity index (χ0) is 13.9. The van der Waals surface area contributed by atoms with Crippen molar-refractivity contribution < 1.29 is 4.74 Å². The maximum absolute atomic E-state index is 5.73. The van der Waals surface area contributed by atoms with Crippen molar-refractivity contribution in [2.24, 2.45) is 0 Å². The molecule has 0 saturated heterocycles. The van der Waals surface area contributed by atoms with E-state index in [0.717, 1.165) is 36.3 Å². The molecule has 0 unspecified atom stereocenters. The van der Waals surface area contributed by atoms with E-state index in [1.54, 1.807) is 12.7 Å². The van der Waals surface area contributed by atoms with Crippen molar-refractivity contribution in [2.45, 2.75) is 32.5 Å². The van der Waals surface area contributed by atoms with Crippen molar-refractivity contribution >= 4 is 15.9 Å². The van der Waals surface area contributed by atoms with Gasteiger partial charge in [0, 0.05) is 29.0 Å². The second kappa shape index (κ2) is 5.93. The smallest absolute Gasteiger partial charge is 0.137 e. The molecule has 2 heterocycles. The highest BCUT2D eigenvalue weighted by Gasteiger charge is 2.17. The molecule has 2 aromatic rings. The number of fused-ring (bicyclic) bond motifs is 1. The average molecular weight is 337 g/mol. The van der Waals surface area contributed by atoms with Crippen molar-refractivity contribution in [1.82, 2.24) is 20.1 Å². The van der Waals surface area contributed by atoms with Crippen LogP contribution in [0.1, 0.15) is 18.1 Å². The molecule has 0 amide bonds. The topological polar surface area (TPSA) is 52.0 Å². The van der Waals surface area contributed by atoms with Crippen LogP contribution in [0.4, 0.5) is 0 Å². The van der Waals surface area contributed by atoms with Crippen molar-refractivity contribution in [1.29, 1.82) is 0 Å². The van der Waals surface area contributed by atoms with Gasteiger partial charge in [-0.2, -0.15) is 5.10 Å². The lowest BCUT2D eigenvalue weighted by atomic mass is 10.1. The van der Waals surface area contributed by atoms with Crippen LogP contribution in [0.15, 0.2) is 29.3 Å². The number of nitrogens with one attached hydrogen (secondary N) is 1. The average Bonchev–Trinajstić information content (AvgIpc) is 3.06. The molecule has 1 N–H and O–H groups in total. The third kappa shape index (κ3) is 3.02. The van der Waals surface area contributed by atoms with Crippen LogP contribution in [0.25, 0.3) is 0 Å². The van der Waals surface area contributed by atoms with Gasteiger partial charge in [0.1, 0.15) is 18.4 Å². The first-order valence-electron chi connectivity index (χ1n) is 6.72. The minimum absolute atomic E-state index is 0.313. The summed E-state index contributed by atoms with van der Waals surface area (Å²) in [7, 11) is 0. The van der Waals surface area contributed by atoms with Gasteiger partial charge in [-0.1, -0.05) is 15.9 Å². The Kier molecular flexibility index (Phi) is 4.03. The molecule has 1 atom stereocenters. The molecule has 0 saturated carbocycles. The van der Waals surface area contributed by atoms with Crippen molar-refractivity contribution in [2.75, 3.05) is 6.61 Å². The van der Waals surface area contributed by atoms with Gasteiger partial charge in [-0.05, 0) is 24.6 Å². The quantitative estimate of drug-likeness (QED) is 0.908. The highest BCUT2D eigenvalue weighted by Crippen LogP contribution is 2.32. The first-order valence-corrected chi connectivity index (χ1v) is 7.51. The monoisotopic (exact) mass is 336 g/mol. The number of aromatic nitrogens is 3. The largest absolute Gasteiger partial charge is 0.493 e. The molecule has 5 nitrogen and oxygen atoms in total. The summed E-state index contributed by atoms with van der Waals surface area (Å²) in [5, 5.41) is 7.62. The second-order valence-corrected chi connectivity index (χ2v) is 5.97. The second-order valence-electron chi connectivity index (χ2n) is 5.05. The number of nitrogens with zero attached hydrogens (tertiary/aromatic N) is 3. The van der Waals surface area contributed by atoms with Crippen molar-refractivity contribution in [3.05, 3.63) is 40.4 Å². The van der Waals surface area contributed by atoms with Gasteiger partial charge in [0.15, 0.2) is 0 Å². The van der Waals surface area contributed by atoms with E-state index in [4.69, 9.17) is 4.74 Å². The molecule has 1 aromatic carbocycles. The van der Waals surface area contributed by atoms with E-state index in [2.05, 4.69) is 50.4 Å². The number of ether oxygens (including phenoxy) is 1. The summed E-state index contributed by atoms with van der Waals surface area (Å²) in [4.78, 5) is 3.95. The first-order chi connectivity index (χ1) is 9.72. The lowest BCUT2D eigenvalue weighted by Crippen LogP contribution is -2.30. The Morgan fingerprint density at radius 1 is 1.50 bits per heavy atom. The fraction of sp³-hybridized carbons (Fsp3) is 0.429. The fourth-order valence-electron chi connectivity index (χ4n) is 2.43. The third-order valence-corrected chi connectivity index (χ3v) is 3.85. The van der Waals surface area contributed by atoms with E-state index in [-0.39, 0.29) is 0 Å². The molecule has 1 aliphatic heterocycles. The van der Waals surface area contributed by atoms with Crippen LogP contribution in [0, 0.1) is 0 Å². The van der Waals surface area contributed by atoms with Crippen LogP contribution < -0.4 is 10.1 Å². The first kappa shape index (κ1) is 13.6. The summed E-state index contributed by atoms with van der Waals surface area (Å²) in [5.74, 6) is 1.05. The van der Waals surface area contributed by atoms with Gasteiger partial charge in [-0.15, -0.1) is 0 Å². The zero-order valence-electron chi connectivity index (χ0n) is 11.3. The summed E-state index contributed by atoms with van der Waals surface area (Å²) < 4.78 is 8.68. The molecular formula is C14H17BrN4O. The zero-order valence-corrected chi connectivity index (χ0v) is 12.9. The van der Waals surface area contributed by atoms with E-state index in [1.165, 1.54) is 11.1 Å². The van der Waals surface area contributed by atoms with Gasteiger partial charge >= 0.3 is 0 Å². The normalized spacial score (nSPS) is 14.9. The molecule has 0 spiro atoms. The number of hydrogen-bond donors (Lipinski definition) is 1. The molecule has 3 rings (SSSR count). The van der Waals surface area contributed by atoms with Gasteiger partial charge in [-0.3, -0.25) is 4.68 Å². The highest BCUT2D eigenvalue weighted by molar-refractivity contribution is 9.10. The van der Waals surface area contributed by atoms with Gasteiger partial charge in [0.05, 0.1) is 13.2 Å². The summed E-state index contributed by atoms with van der Waals surface area (Å²) in [5.41, 5.74) is 2.50. The van der Waals surface area contributed by atoms with Gasteiger partial charge < -0.3 is 10.1 Å². The number of hydrogen-bond acceptors (Lipinski definition) is 4. The molecule has 1 aliphatic rings. The molecule has 106 valence electrons. The van der Waals surface area contributed by atoms with E-state index in [0.29, 0.717) is 6.04 Å². The Morgan fingerprint density at radius 2 is 2.40 bits per heavy atom. The SMILES string of the molecule is C[C@@H](Cn1cncn1)NCc1cc(Br)cc2c1OCC2. The standard InChI is InChI=1S/C14H17BrN4O/c1-10(7-19-9-16-8-18-19)17-6-12-5-13(15)4-11-2-3-20-14(11)12/h4-5,8-10,17H,2-3,6-7H2,1H3/t10-/m0/s1. The Morgan fingerprint density at radius 3 is 3.20 bits per heavy atom. The Balaban J connectivity index is 1.64. The Bertz CT molecular complexity index is 585. The minimum Gasteiger partial charge on any atom is -0.493 e. The molecule has 20 heavy (non-hydrogen) atoms. The maximum atomic E-state index is 5.73. The Labute approximate surface area is 126 Å². The summed E-state index contributed by atoms with van der Waals surface area (Å²) >= 11 is 3.57. The fourth-order valence-corrected chi connectivity index (χ4v) is 2.99. The van der Waals surface area contributed by atoms with E-state index < -0.39 is 0 Å². The van der Waals surface area contributed by atoms with Crippen LogP contribution >= 0.6 is 15.9 Å². The maximum Gasteiger partial charge on any atom is 0.137 e. The minimum atomic E-state index is 0.313. The third-order valence-electron chi connectivity index (χ3n) is 3.39. The lowest BCUT2D eigenvalue weighted by molar-refractivity contribution is 0.350. The molecule has 0 bridgehead atoms. The van der Waals surface area contributed by atoms with Gasteiger partial charge in [-0.25, -0.2) is 4.98 Å². The van der Waals surface area contributed by atoms with E-state index in [1.807, 2.05) is 4.68 Å². The number of halogens is 1. The van der Waals surface area contributed by atoms with E-state index >= 15 is 0 Å². The van der Waals surface area contributed by atoms with Crippen LogP contribution in [0.3, 0.4) is 0 Å². The van der Waals surface area contributed by atoms with E-state index in [9.17, 15) is 0 Å². The molecular weight excluding hydrogens is 320 g/mol. The molecule has 0 aliphatic carbocycles. The van der Waals surface area contributed by atoms with Crippen molar-refractivity contribution in [3.8, 4) is 5.75 Å². The molecule has 0 radical (unpaired) electrons. The lowest BCUT2D eigenvalue weighted by Gasteiger charge is -2.15. The predicted molar refractivity (Wildman–Crippen MR) is 79.7 cm³/mol.